The highest BCUT2D eigenvalue weighted by Crippen LogP contribution is 2.46. The van der Waals surface area contributed by atoms with E-state index in [1.165, 1.54) is 40.7 Å². The van der Waals surface area contributed by atoms with Crippen molar-refractivity contribution in [3.05, 3.63) is 47.5 Å². The Kier molecular flexibility index (Phi) is 6.10. The fourth-order valence-corrected chi connectivity index (χ4v) is 5.24. The maximum Gasteiger partial charge on any atom is 0.492 e. The molecule has 2 aromatic rings. The number of hydrogen-bond donors (Lipinski definition) is 2. The number of alkyl halides is 3. The van der Waals surface area contributed by atoms with Gasteiger partial charge in [-0.2, -0.15) is 17.5 Å². The molecular weight excluding hydrogens is 487 g/mol. The van der Waals surface area contributed by atoms with Gasteiger partial charge >= 0.3 is 18.1 Å². The van der Waals surface area contributed by atoms with Crippen LogP contribution in [0.2, 0.25) is 5.02 Å². The van der Waals surface area contributed by atoms with E-state index in [0.717, 1.165) is 25.3 Å². The van der Waals surface area contributed by atoms with Crippen molar-refractivity contribution in [2.24, 2.45) is 0 Å². The lowest BCUT2D eigenvalue weighted by atomic mass is 10.2. The Hall–Kier alpha value is -2.70. The molecule has 2 aromatic carbocycles. The number of anilines is 1. The molecule has 33 heavy (non-hydrogen) atoms. The number of benzene rings is 2. The van der Waals surface area contributed by atoms with Crippen LogP contribution < -0.4 is 20.1 Å². The Morgan fingerprint density at radius 2 is 1.73 bits per heavy atom. The number of fused-ring (bicyclic) bond motifs is 1. The van der Waals surface area contributed by atoms with Gasteiger partial charge in [0.15, 0.2) is 11.5 Å². The molecule has 0 aromatic heterocycles. The van der Waals surface area contributed by atoms with E-state index in [2.05, 4.69) is 5.32 Å². The molecule has 0 saturated carbocycles. The lowest BCUT2D eigenvalue weighted by Crippen LogP contribution is -2.65. The molecule has 1 saturated heterocycles. The van der Waals surface area contributed by atoms with Crippen LogP contribution in [0.3, 0.4) is 0 Å². The Bertz CT molecular complexity index is 1170. The summed E-state index contributed by atoms with van der Waals surface area (Å²) in [5, 5.41) is 3.96. The van der Waals surface area contributed by atoms with E-state index < -0.39 is 28.1 Å². The number of halogens is 4. The molecule has 1 fully saturated rings. The largest absolute Gasteiger partial charge is 0.492 e. The van der Waals surface area contributed by atoms with Crippen molar-refractivity contribution in [1.82, 2.24) is 9.62 Å². The smallest absolute Gasteiger partial charge is 0.424 e. The maximum atomic E-state index is 13.8. The van der Waals surface area contributed by atoms with Crippen molar-refractivity contribution in [2.45, 2.75) is 36.2 Å². The molecule has 4 rings (SSSR count). The molecule has 0 radical (unpaired) electrons. The number of amides is 2. The summed E-state index contributed by atoms with van der Waals surface area (Å²) in [6.45, 7) is 0.766. The third-order valence-electron chi connectivity index (χ3n) is 5.11. The van der Waals surface area contributed by atoms with Gasteiger partial charge in [-0.05, 0) is 43.2 Å². The van der Waals surface area contributed by atoms with Gasteiger partial charge in [-0.15, -0.1) is 0 Å². The molecule has 2 N–H and O–H groups in total. The average Bonchev–Trinajstić information content (AvgIpc) is 3.13. The number of piperidine rings is 1. The number of carbonyl (C=O) groups excluding carboxylic acids is 1. The Morgan fingerprint density at radius 1 is 1.03 bits per heavy atom. The lowest BCUT2D eigenvalue weighted by Gasteiger charge is -2.29. The van der Waals surface area contributed by atoms with Crippen LogP contribution in [0.25, 0.3) is 0 Å². The summed E-state index contributed by atoms with van der Waals surface area (Å²) in [4.78, 5) is 12.4. The van der Waals surface area contributed by atoms with Crippen LogP contribution in [0.15, 0.2) is 47.4 Å². The molecule has 178 valence electrons. The van der Waals surface area contributed by atoms with Crippen LogP contribution in [-0.2, 0) is 10.0 Å². The molecule has 2 aliphatic rings. The number of nitrogens with zero attached hydrogens (tertiary/aromatic N) is 1. The molecule has 2 heterocycles. The monoisotopic (exact) mass is 505 g/mol. The zero-order valence-corrected chi connectivity index (χ0v) is 18.6. The summed E-state index contributed by atoms with van der Waals surface area (Å²) in [7, 11) is -3.80. The minimum absolute atomic E-state index is 0.0264. The third-order valence-corrected chi connectivity index (χ3v) is 7.24. The molecule has 2 aliphatic heterocycles. The predicted molar refractivity (Wildman–Crippen MR) is 113 cm³/mol. The molecule has 13 heteroatoms. The first-order valence-corrected chi connectivity index (χ1v) is 11.8. The van der Waals surface area contributed by atoms with E-state index in [9.17, 15) is 26.4 Å². The van der Waals surface area contributed by atoms with E-state index in [0.29, 0.717) is 13.1 Å². The third kappa shape index (κ3) is 4.68. The number of sulfonamides is 1. The second-order valence-corrected chi connectivity index (χ2v) is 9.86. The van der Waals surface area contributed by atoms with Gasteiger partial charge in [-0.25, -0.2) is 13.2 Å². The molecule has 0 aliphatic carbocycles. The van der Waals surface area contributed by atoms with Crippen LogP contribution in [0.1, 0.15) is 19.3 Å². The van der Waals surface area contributed by atoms with Gasteiger partial charge in [0, 0.05) is 29.9 Å². The quantitative estimate of drug-likeness (QED) is 0.645. The first kappa shape index (κ1) is 23.5. The summed E-state index contributed by atoms with van der Waals surface area (Å²) in [5.74, 6) is -4.04. The van der Waals surface area contributed by atoms with E-state index >= 15 is 0 Å². The Balaban J connectivity index is 1.52. The van der Waals surface area contributed by atoms with Crippen molar-refractivity contribution in [3.63, 3.8) is 0 Å². The number of carbonyl (C=O) groups is 1. The molecule has 1 atom stereocenters. The van der Waals surface area contributed by atoms with Crippen molar-refractivity contribution in [1.29, 1.82) is 0 Å². The lowest BCUT2D eigenvalue weighted by molar-refractivity contribution is -0.317. The topological polar surface area (TPSA) is 97.0 Å². The maximum absolute atomic E-state index is 13.8. The number of urea groups is 1. The SMILES string of the molecule is O=C(Nc1cccc(S(=O)(=O)N2CCCCC2)c1)N[C@]1(C(F)(F)F)Oc2ccc(Cl)cc2O1. The number of hydrogen-bond acceptors (Lipinski definition) is 5. The first-order valence-electron chi connectivity index (χ1n) is 9.94. The molecule has 2 amide bonds. The highest BCUT2D eigenvalue weighted by molar-refractivity contribution is 7.89. The second kappa shape index (κ2) is 8.58. The van der Waals surface area contributed by atoms with Crippen LogP contribution in [0, 0.1) is 0 Å². The normalized spacial score (nSPS) is 21.0. The number of nitrogens with one attached hydrogen (secondary N) is 2. The van der Waals surface area contributed by atoms with E-state index in [1.54, 1.807) is 5.32 Å². The minimum atomic E-state index is -5.16. The number of ether oxygens (including phenoxy) is 2. The molecular formula is C20H19ClF3N3O5S. The Morgan fingerprint density at radius 3 is 2.42 bits per heavy atom. The summed E-state index contributed by atoms with van der Waals surface area (Å²) in [6, 6.07) is 7.55. The highest BCUT2D eigenvalue weighted by Gasteiger charge is 2.65. The van der Waals surface area contributed by atoms with Crippen molar-refractivity contribution >= 4 is 33.3 Å². The van der Waals surface area contributed by atoms with Gasteiger partial charge < -0.3 is 14.8 Å². The zero-order chi connectivity index (χ0) is 23.9. The van der Waals surface area contributed by atoms with Gasteiger partial charge in [0.05, 0.1) is 4.90 Å². The fourth-order valence-electron chi connectivity index (χ4n) is 3.51. The first-order chi connectivity index (χ1) is 15.5. The Labute approximate surface area is 192 Å². The summed E-state index contributed by atoms with van der Waals surface area (Å²) < 4.78 is 78.2. The van der Waals surface area contributed by atoms with E-state index in [-0.39, 0.29) is 27.1 Å². The molecule has 0 unspecified atom stereocenters. The van der Waals surface area contributed by atoms with E-state index in [4.69, 9.17) is 21.1 Å². The minimum Gasteiger partial charge on any atom is -0.424 e. The standard InChI is InChI=1S/C20H19ClF3N3O5S/c21-13-7-8-16-17(11-13)32-20(31-16,19(22,23)24)26-18(28)25-14-5-4-6-15(12-14)33(29,30)27-9-2-1-3-10-27/h4-8,11-12H,1-3,9-10H2,(H2,25,26,28)/t20-/m1/s1. The van der Waals surface area contributed by atoms with Crippen molar-refractivity contribution in [2.75, 3.05) is 18.4 Å². The van der Waals surface area contributed by atoms with Crippen molar-refractivity contribution in [3.8, 4) is 11.5 Å². The van der Waals surface area contributed by atoms with Crippen LogP contribution >= 0.6 is 11.6 Å². The summed E-state index contributed by atoms with van der Waals surface area (Å²) >= 11 is 5.78. The fraction of sp³-hybridized carbons (Fsp3) is 0.350. The molecule has 0 spiro atoms. The second-order valence-electron chi connectivity index (χ2n) is 7.48. The van der Waals surface area contributed by atoms with Crippen LogP contribution in [0.4, 0.5) is 23.7 Å². The predicted octanol–water partition coefficient (Wildman–Crippen LogP) is 4.32. The molecule has 8 nitrogen and oxygen atoms in total. The highest BCUT2D eigenvalue weighted by atomic mass is 35.5. The van der Waals surface area contributed by atoms with Gasteiger partial charge in [-0.3, -0.25) is 5.32 Å². The molecule has 0 bridgehead atoms. The van der Waals surface area contributed by atoms with Gasteiger partial charge in [0.1, 0.15) is 0 Å². The van der Waals surface area contributed by atoms with Crippen molar-refractivity contribution < 1.29 is 35.9 Å². The summed E-state index contributed by atoms with van der Waals surface area (Å²) in [5.41, 5.74) is -0.0264. The van der Waals surface area contributed by atoms with Crippen LogP contribution in [-0.4, -0.2) is 43.9 Å². The van der Waals surface area contributed by atoms with Gasteiger partial charge in [0.25, 0.3) is 0 Å². The number of rotatable bonds is 4. The summed E-state index contributed by atoms with van der Waals surface area (Å²) in [6.07, 6.45) is -2.73. The zero-order valence-electron chi connectivity index (χ0n) is 17.0. The van der Waals surface area contributed by atoms with Crippen LogP contribution in [0.5, 0.6) is 11.5 Å². The van der Waals surface area contributed by atoms with Gasteiger partial charge in [-0.1, -0.05) is 24.1 Å². The van der Waals surface area contributed by atoms with Gasteiger partial charge in [0.2, 0.25) is 10.0 Å². The average molecular weight is 506 g/mol. The van der Waals surface area contributed by atoms with E-state index in [1.807, 2.05) is 0 Å².